The van der Waals surface area contributed by atoms with Crippen LogP contribution in [-0.2, 0) is 19.2 Å². The Bertz CT molecular complexity index is 855. The number of benzene rings is 1. The summed E-state index contributed by atoms with van der Waals surface area (Å²) >= 11 is 0.979. The first-order chi connectivity index (χ1) is 15.5. The van der Waals surface area contributed by atoms with E-state index in [2.05, 4.69) is 0 Å². The van der Waals surface area contributed by atoms with Crippen molar-refractivity contribution in [3.8, 4) is 5.40 Å². The van der Waals surface area contributed by atoms with Gasteiger partial charge in [-0.2, -0.15) is 5.26 Å². The maximum absolute atomic E-state index is 11.4. The van der Waals surface area contributed by atoms with Crippen molar-refractivity contribution >= 4 is 35.6 Å². The molecule has 0 fully saturated rings. The van der Waals surface area contributed by atoms with Gasteiger partial charge in [0.1, 0.15) is 5.40 Å². The minimum Gasteiger partial charge on any atom is -0.481 e. The summed E-state index contributed by atoms with van der Waals surface area (Å²) < 4.78 is 0. The molecule has 2 unspecified atom stereocenters. The molecule has 0 bridgehead atoms. The highest BCUT2D eigenvalue weighted by Crippen LogP contribution is 2.26. The molecule has 0 saturated heterocycles. The zero-order valence-corrected chi connectivity index (χ0v) is 18.9. The van der Waals surface area contributed by atoms with E-state index in [4.69, 9.17) is 20.6 Å². The Morgan fingerprint density at radius 2 is 1.45 bits per heavy atom. The molecule has 1 aromatic rings. The SMILES string of the molecule is CC(CN(CC(=O)O)CC(CCC(=O)O)c1ccc(SC#N)cc1)N(CC(=O)O)CC(=O)O. The lowest BCUT2D eigenvalue weighted by atomic mass is 9.93. The highest BCUT2D eigenvalue weighted by Gasteiger charge is 2.25. The van der Waals surface area contributed by atoms with Gasteiger partial charge in [-0.05, 0) is 48.7 Å². The summed E-state index contributed by atoms with van der Waals surface area (Å²) in [5, 5.41) is 47.4. The van der Waals surface area contributed by atoms with E-state index < -0.39 is 43.0 Å². The van der Waals surface area contributed by atoms with Crippen LogP contribution in [-0.4, -0.2) is 92.9 Å². The van der Waals surface area contributed by atoms with E-state index >= 15 is 0 Å². The van der Waals surface area contributed by atoms with Crippen LogP contribution in [0, 0.1) is 10.7 Å². The zero-order valence-electron chi connectivity index (χ0n) is 18.1. The summed E-state index contributed by atoms with van der Waals surface area (Å²) in [5.41, 5.74) is 0.773. The Balaban J connectivity index is 3.09. The van der Waals surface area contributed by atoms with Gasteiger partial charge in [-0.1, -0.05) is 12.1 Å². The summed E-state index contributed by atoms with van der Waals surface area (Å²) in [6.45, 7) is 0.427. The number of nitrogens with zero attached hydrogens (tertiary/aromatic N) is 3. The minimum absolute atomic E-state index is 0.0683. The number of carboxylic acids is 4. The average Bonchev–Trinajstić information content (AvgIpc) is 2.70. The molecule has 0 aliphatic heterocycles. The highest BCUT2D eigenvalue weighted by molar-refractivity contribution is 8.03. The molecular weight excluding hydrogens is 454 g/mol. The topological polar surface area (TPSA) is 179 Å². The number of thioether (sulfide) groups is 1. The fourth-order valence-electron chi connectivity index (χ4n) is 3.43. The molecule has 1 rings (SSSR count). The summed E-state index contributed by atoms with van der Waals surface area (Å²) in [5.74, 6) is -4.88. The van der Waals surface area contributed by atoms with Crippen LogP contribution >= 0.6 is 11.8 Å². The summed E-state index contributed by atoms with van der Waals surface area (Å²) in [4.78, 5) is 48.3. The largest absolute Gasteiger partial charge is 0.481 e. The summed E-state index contributed by atoms with van der Waals surface area (Å²) in [6.07, 6.45) is 0.0958. The summed E-state index contributed by atoms with van der Waals surface area (Å²) in [6, 6.07) is 6.38. The predicted molar refractivity (Wildman–Crippen MR) is 118 cm³/mol. The molecule has 180 valence electrons. The van der Waals surface area contributed by atoms with Crippen LogP contribution < -0.4 is 0 Å². The number of carbonyl (C=O) groups is 4. The van der Waals surface area contributed by atoms with Crippen molar-refractivity contribution in [2.75, 3.05) is 32.7 Å². The van der Waals surface area contributed by atoms with Gasteiger partial charge in [-0.3, -0.25) is 29.0 Å². The van der Waals surface area contributed by atoms with E-state index in [-0.39, 0.29) is 38.4 Å². The standard InChI is InChI=1S/C21H27N3O8S/c1-14(24(11-20(29)30)12-21(31)32)8-23(10-19(27)28)9-16(4-7-18(25)26)15-2-5-17(6-3-15)33-13-22/h2-3,5-6,14,16H,4,7-12H2,1H3,(H,25,26)(H,27,28)(H,29,30)(H,31,32). The van der Waals surface area contributed by atoms with Gasteiger partial charge in [-0.15, -0.1) is 0 Å². The third-order valence-electron chi connectivity index (χ3n) is 4.88. The molecule has 0 heterocycles. The third-order valence-corrected chi connectivity index (χ3v) is 5.48. The van der Waals surface area contributed by atoms with Crippen LogP contribution in [0.2, 0.25) is 0 Å². The van der Waals surface area contributed by atoms with Gasteiger partial charge in [0, 0.05) is 30.4 Å². The van der Waals surface area contributed by atoms with E-state index in [1.165, 1.54) is 4.90 Å². The number of hydrogen-bond donors (Lipinski definition) is 4. The van der Waals surface area contributed by atoms with Crippen molar-refractivity contribution in [3.63, 3.8) is 0 Å². The smallest absolute Gasteiger partial charge is 0.317 e. The molecule has 0 amide bonds. The first-order valence-corrected chi connectivity index (χ1v) is 10.8. The number of aliphatic carboxylic acids is 4. The molecule has 2 atom stereocenters. The molecule has 4 N–H and O–H groups in total. The number of rotatable bonds is 16. The third kappa shape index (κ3) is 11.3. The Kier molecular flexibility index (Phi) is 11.9. The average molecular weight is 482 g/mol. The molecule has 33 heavy (non-hydrogen) atoms. The lowest BCUT2D eigenvalue weighted by Gasteiger charge is -2.33. The molecule has 0 aliphatic carbocycles. The lowest BCUT2D eigenvalue weighted by Crippen LogP contribution is -2.48. The molecule has 12 heteroatoms. The van der Waals surface area contributed by atoms with Crippen molar-refractivity contribution < 1.29 is 39.6 Å². The molecule has 0 aromatic heterocycles. The molecule has 0 saturated carbocycles. The molecule has 0 spiro atoms. The Morgan fingerprint density at radius 3 is 1.91 bits per heavy atom. The van der Waals surface area contributed by atoms with Crippen molar-refractivity contribution in [3.05, 3.63) is 29.8 Å². The van der Waals surface area contributed by atoms with E-state index in [1.54, 1.807) is 36.1 Å². The maximum atomic E-state index is 11.4. The number of hydrogen-bond acceptors (Lipinski definition) is 8. The first-order valence-electron chi connectivity index (χ1n) is 10.0. The summed E-state index contributed by atoms with van der Waals surface area (Å²) in [7, 11) is 0. The second-order valence-electron chi connectivity index (χ2n) is 7.52. The van der Waals surface area contributed by atoms with Gasteiger partial charge in [0.2, 0.25) is 0 Å². The Labute approximate surface area is 195 Å². The second-order valence-corrected chi connectivity index (χ2v) is 8.38. The number of thiocyanates is 1. The van der Waals surface area contributed by atoms with Gasteiger partial charge >= 0.3 is 23.9 Å². The molecule has 0 aliphatic rings. The van der Waals surface area contributed by atoms with Crippen LogP contribution in [0.25, 0.3) is 0 Å². The number of nitriles is 1. The van der Waals surface area contributed by atoms with Gasteiger partial charge < -0.3 is 20.4 Å². The minimum atomic E-state index is -1.21. The van der Waals surface area contributed by atoms with E-state index in [9.17, 15) is 24.3 Å². The second kappa shape index (κ2) is 14.1. The van der Waals surface area contributed by atoms with E-state index in [0.717, 1.165) is 17.3 Å². The highest BCUT2D eigenvalue weighted by atomic mass is 32.2. The Morgan fingerprint density at radius 1 is 0.909 bits per heavy atom. The van der Waals surface area contributed by atoms with Gasteiger partial charge in [-0.25, -0.2) is 0 Å². The molecule has 0 radical (unpaired) electrons. The van der Waals surface area contributed by atoms with Gasteiger partial charge in [0.05, 0.1) is 19.6 Å². The van der Waals surface area contributed by atoms with Gasteiger partial charge in [0.25, 0.3) is 0 Å². The van der Waals surface area contributed by atoms with E-state index in [0.29, 0.717) is 4.90 Å². The fourth-order valence-corrected chi connectivity index (χ4v) is 3.81. The fraction of sp³-hybridized carbons (Fsp3) is 0.476. The quantitative estimate of drug-likeness (QED) is 0.197. The molecular formula is C21H27N3O8S. The number of carboxylic acid groups (broad SMARTS) is 4. The van der Waals surface area contributed by atoms with Crippen LogP contribution in [0.3, 0.4) is 0 Å². The van der Waals surface area contributed by atoms with Crippen LogP contribution in [0.4, 0.5) is 0 Å². The first kappa shape index (κ1) is 27.9. The lowest BCUT2D eigenvalue weighted by molar-refractivity contribution is -0.144. The van der Waals surface area contributed by atoms with Crippen molar-refractivity contribution in [2.45, 2.75) is 36.6 Å². The molecule has 11 nitrogen and oxygen atoms in total. The van der Waals surface area contributed by atoms with Crippen molar-refractivity contribution in [2.24, 2.45) is 0 Å². The van der Waals surface area contributed by atoms with Gasteiger partial charge in [0.15, 0.2) is 0 Å². The van der Waals surface area contributed by atoms with Crippen LogP contribution in [0.15, 0.2) is 29.2 Å². The van der Waals surface area contributed by atoms with Crippen LogP contribution in [0.1, 0.15) is 31.2 Å². The zero-order chi connectivity index (χ0) is 25.0. The monoisotopic (exact) mass is 481 g/mol. The Hall–Kier alpha value is -3.14. The maximum Gasteiger partial charge on any atom is 0.317 e. The normalized spacial score (nSPS) is 12.8. The van der Waals surface area contributed by atoms with Crippen LogP contribution in [0.5, 0.6) is 0 Å². The van der Waals surface area contributed by atoms with Crippen molar-refractivity contribution in [1.82, 2.24) is 9.80 Å². The predicted octanol–water partition coefficient (Wildman–Crippen LogP) is 1.45. The van der Waals surface area contributed by atoms with Crippen molar-refractivity contribution in [1.29, 1.82) is 5.26 Å². The molecule has 1 aromatic carbocycles. The van der Waals surface area contributed by atoms with E-state index in [1.807, 2.05) is 5.40 Å².